The first-order chi connectivity index (χ1) is 4.43. The van der Waals surface area contributed by atoms with Gasteiger partial charge in [0.25, 0.3) is 0 Å². The molecule has 0 saturated carbocycles. The fourth-order valence-corrected chi connectivity index (χ4v) is 1.53. The second kappa shape index (κ2) is 4.29. The number of halogens is 1. The largest absolute Gasteiger partial charge is 0.368 e. The van der Waals surface area contributed by atoms with Gasteiger partial charge >= 0.3 is 0 Å². The van der Waals surface area contributed by atoms with Gasteiger partial charge in [-0.15, -0.1) is 0 Å². The summed E-state index contributed by atoms with van der Waals surface area (Å²) in [6.45, 7) is 3.86. The lowest BCUT2D eigenvalue weighted by Crippen LogP contribution is -2.12. The summed E-state index contributed by atoms with van der Waals surface area (Å²) >= 11 is 3.39. The number of alkyl halides is 1. The Morgan fingerprint density at radius 2 is 2.56 bits per heavy atom. The number of hydrogen-bond acceptors (Lipinski definition) is 1. The summed E-state index contributed by atoms with van der Waals surface area (Å²) in [5.41, 5.74) is 0. The molecule has 9 heavy (non-hydrogen) atoms. The lowest BCUT2D eigenvalue weighted by molar-refractivity contribution is 0.115. The molecule has 1 rings (SSSR count). The summed E-state index contributed by atoms with van der Waals surface area (Å²) in [7, 11) is 0. The SMILES string of the molecule is BrCCC1[C]OCCC1. The second-order valence-electron chi connectivity index (χ2n) is 2.28. The van der Waals surface area contributed by atoms with E-state index in [0.29, 0.717) is 5.92 Å². The predicted molar refractivity (Wildman–Crippen MR) is 40.3 cm³/mol. The minimum absolute atomic E-state index is 0.582. The topological polar surface area (TPSA) is 9.23 Å². The van der Waals surface area contributed by atoms with Crippen molar-refractivity contribution in [2.24, 2.45) is 5.92 Å². The van der Waals surface area contributed by atoms with Crippen LogP contribution in [0.4, 0.5) is 0 Å². The lowest BCUT2D eigenvalue weighted by Gasteiger charge is -2.18. The first-order valence-corrected chi connectivity index (χ1v) is 4.49. The lowest BCUT2D eigenvalue weighted by atomic mass is 10.00. The van der Waals surface area contributed by atoms with Crippen LogP contribution in [0.2, 0.25) is 0 Å². The first-order valence-electron chi connectivity index (χ1n) is 3.37. The Kier molecular flexibility index (Phi) is 3.59. The standard InChI is InChI=1S/C7H11BrO/c8-4-3-7-2-1-5-9-6-7/h7H,1-5H2. The van der Waals surface area contributed by atoms with E-state index in [2.05, 4.69) is 22.5 Å². The van der Waals surface area contributed by atoms with E-state index in [1.807, 2.05) is 0 Å². The predicted octanol–water partition coefficient (Wildman–Crippen LogP) is 2.24. The highest BCUT2D eigenvalue weighted by atomic mass is 79.9. The fraction of sp³-hybridized carbons (Fsp3) is 0.857. The van der Waals surface area contributed by atoms with E-state index in [1.54, 1.807) is 0 Å². The Labute approximate surface area is 64.9 Å². The van der Waals surface area contributed by atoms with Crippen molar-refractivity contribution in [3.05, 3.63) is 6.61 Å². The second-order valence-corrected chi connectivity index (χ2v) is 3.08. The Morgan fingerprint density at radius 3 is 3.11 bits per heavy atom. The summed E-state index contributed by atoms with van der Waals surface area (Å²) in [5.74, 6) is 0.582. The maximum atomic E-state index is 5.06. The molecule has 1 nitrogen and oxygen atoms in total. The van der Waals surface area contributed by atoms with Crippen molar-refractivity contribution in [2.45, 2.75) is 19.3 Å². The van der Waals surface area contributed by atoms with Gasteiger partial charge in [0.1, 0.15) is 6.61 Å². The van der Waals surface area contributed by atoms with E-state index in [-0.39, 0.29) is 0 Å². The number of rotatable bonds is 2. The first kappa shape index (κ1) is 7.55. The van der Waals surface area contributed by atoms with Crippen LogP contribution in [0.25, 0.3) is 0 Å². The number of hydrogen-bond donors (Lipinski definition) is 0. The van der Waals surface area contributed by atoms with Gasteiger partial charge in [0.15, 0.2) is 0 Å². The average Bonchev–Trinajstić information content (AvgIpc) is 1.91. The monoisotopic (exact) mass is 190 g/mol. The number of ether oxygens (including phenoxy) is 1. The summed E-state index contributed by atoms with van der Waals surface area (Å²) in [5, 5.41) is 1.06. The van der Waals surface area contributed by atoms with E-state index in [9.17, 15) is 0 Å². The third-order valence-corrected chi connectivity index (χ3v) is 1.96. The van der Waals surface area contributed by atoms with Crippen molar-refractivity contribution >= 4 is 15.9 Å². The molecule has 2 radical (unpaired) electrons. The molecule has 1 unspecified atom stereocenters. The fourth-order valence-electron chi connectivity index (χ4n) is 0.973. The van der Waals surface area contributed by atoms with Crippen molar-refractivity contribution in [1.82, 2.24) is 0 Å². The van der Waals surface area contributed by atoms with Gasteiger partial charge in [0, 0.05) is 11.9 Å². The molecule has 0 aromatic carbocycles. The summed E-state index contributed by atoms with van der Waals surface area (Å²) in [6, 6.07) is 0. The van der Waals surface area contributed by atoms with Crippen molar-refractivity contribution < 1.29 is 4.74 Å². The normalized spacial score (nSPS) is 28.3. The molecule has 1 heterocycles. The molecule has 0 N–H and O–H groups in total. The molecule has 0 bridgehead atoms. The van der Waals surface area contributed by atoms with Crippen LogP contribution in [0.15, 0.2) is 0 Å². The maximum Gasteiger partial charge on any atom is 0.135 e. The van der Waals surface area contributed by atoms with Crippen LogP contribution in [0.1, 0.15) is 19.3 Å². The van der Waals surface area contributed by atoms with E-state index in [0.717, 1.165) is 11.9 Å². The highest BCUT2D eigenvalue weighted by molar-refractivity contribution is 9.09. The molecule has 1 saturated heterocycles. The summed E-state index contributed by atoms with van der Waals surface area (Å²) < 4.78 is 5.06. The zero-order valence-corrected chi connectivity index (χ0v) is 6.99. The highest BCUT2D eigenvalue weighted by Gasteiger charge is 2.13. The quantitative estimate of drug-likeness (QED) is 0.608. The van der Waals surface area contributed by atoms with Crippen LogP contribution in [-0.2, 0) is 4.74 Å². The summed E-state index contributed by atoms with van der Waals surface area (Å²) in [6.07, 6.45) is 3.62. The molecule has 1 atom stereocenters. The zero-order chi connectivity index (χ0) is 6.53. The van der Waals surface area contributed by atoms with Gasteiger partial charge in [-0.2, -0.15) is 0 Å². The maximum absolute atomic E-state index is 5.06. The van der Waals surface area contributed by atoms with Crippen LogP contribution >= 0.6 is 15.9 Å². The molecule has 1 fully saturated rings. The van der Waals surface area contributed by atoms with Crippen LogP contribution in [-0.4, -0.2) is 11.9 Å². The Hall–Kier alpha value is 0.440. The van der Waals surface area contributed by atoms with Crippen molar-refractivity contribution in [2.75, 3.05) is 11.9 Å². The van der Waals surface area contributed by atoms with Gasteiger partial charge in [0.05, 0.1) is 0 Å². The molecular weight excluding hydrogens is 180 g/mol. The van der Waals surface area contributed by atoms with E-state index < -0.39 is 0 Å². The van der Waals surface area contributed by atoms with Gasteiger partial charge < -0.3 is 4.74 Å². The van der Waals surface area contributed by atoms with Crippen molar-refractivity contribution in [3.8, 4) is 0 Å². The molecule has 2 heteroatoms. The zero-order valence-electron chi connectivity index (χ0n) is 5.40. The minimum atomic E-state index is 0.582. The Morgan fingerprint density at radius 1 is 1.67 bits per heavy atom. The van der Waals surface area contributed by atoms with Crippen LogP contribution in [0.5, 0.6) is 0 Å². The molecule has 1 aliphatic heterocycles. The van der Waals surface area contributed by atoms with Gasteiger partial charge in [-0.25, -0.2) is 0 Å². The smallest absolute Gasteiger partial charge is 0.135 e. The molecule has 1 aliphatic rings. The molecule has 0 aliphatic carbocycles. The van der Waals surface area contributed by atoms with Gasteiger partial charge in [0.2, 0.25) is 0 Å². The molecule has 0 spiro atoms. The van der Waals surface area contributed by atoms with Crippen molar-refractivity contribution in [1.29, 1.82) is 0 Å². The van der Waals surface area contributed by atoms with Gasteiger partial charge in [-0.05, 0) is 25.2 Å². The van der Waals surface area contributed by atoms with E-state index >= 15 is 0 Å². The third kappa shape index (κ3) is 2.67. The molecule has 0 aromatic heterocycles. The van der Waals surface area contributed by atoms with Crippen molar-refractivity contribution in [3.63, 3.8) is 0 Å². The van der Waals surface area contributed by atoms with E-state index in [4.69, 9.17) is 4.74 Å². The van der Waals surface area contributed by atoms with Crippen LogP contribution in [0, 0.1) is 12.5 Å². The average molecular weight is 191 g/mol. The van der Waals surface area contributed by atoms with Gasteiger partial charge in [-0.3, -0.25) is 0 Å². The molecular formula is C7H11BrO. The molecule has 0 amide bonds. The minimum Gasteiger partial charge on any atom is -0.368 e. The van der Waals surface area contributed by atoms with E-state index in [1.165, 1.54) is 19.3 Å². The highest BCUT2D eigenvalue weighted by Crippen LogP contribution is 2.20. The van der Waals surface area contributed by atoms with Crippen LogP contribution < -0.4 is 0 Å². The van der Waals surface area contributed by atoms with Gasteiger partial charge in [-0.1, -0.05) is 15.9 Å². The van der Waals surface area contributed by atoms with Crippen LogP contribution in [0.3, 0.4) is 0 Å². The third-order valence-electron chi connectivity index (χ3n) is 1.51. The molecule has 52 valence electrons. The molecule has 0 aromatic rings. The Balaban J connectivity index is 2.08. The Bertz CT molecular complexity index is 66.6. The summed E-state index contributed by atoms with van der Waals surface area (Å²) in [4.78, 5) is 0.